The summed E-state index contributed by atoms with van der Waals surface area (Å²) in [5.41, 5.74) is 14.4. The van der Waals surface area contributed by atoms with Crippen LogP contribution in [-0.2, 0) is 6.61 Å². The van der Waals surface area contributed by atoms with Gasteiger partial charge in [0, 0.05) is 42.3 Å². The Bertz CT molecular complexity index is 1060. The number of nitrogens with zero attached hydrogens (tertiary/aromatic N) is 3. The molecule has 2 heterocycles. The molecule has 0 saturated heterocycles. The average molecular weight is 375 g/mol. The molecule has 0 saturated carbocycles. The molecular weight excluding hydrogens is 354 g/mol. The topological polar surface area (TPSA) is 116 Å². The molecule has 0 bridgehead atoms. The number of aliphatic imine (C=N–C) groups is 1. The van der Waals surface area contributed by atoms with E-state index in [1.807, 2.05) is 31.2 Å². The highest BCUT2D eigenvalue weighted by molar-refractivity contribution is 6.11. The number of ether oxygens (including phenoxy) is 1. The van der Waals surface area contributed by atoms with E-state index in [4.69, 9.17) is 16.2 Å². The Balaban J connectivity index is 2.00. The Morgan fingerprint density at radius 2 is 2.00 bits per heavy atom. The first-order valence-electron chi connectivity index (χ1n) is 8.81. The lowest BCUT2D eigenvalue weighted by molar-refractivity contribution is 0.0997. The zero-order valence-corrected chi connectivity index (χ0v) is 15.5. The molecular formula is C21H21N5O2. The lowest BCUT2D eigenvalue weighted by Crippen LogP contribution is -2.15. The first kappa shape index (κ1) is 19.0. The SMILES string of the molecule is CCN=CC(=CN)c1cc(OCc2ncccc2C(N)=O)c2cccnc2c1. The summed E-state index contributed by atoms with van der Waals surface area (Å²) in [5.74, 6) is 0.0574. The molecule has 2 aromatic heterocycles. The molecule has 1 aromatic carbocycles. The fourth-order valence-electron chi connectivity index (χ4n) is 2.76. The number of amides is 1. The lowest BCUT2D eigenvalue weighted by Gasteiger charge is -2.13. The summed E-state index contributed by atoms with van der Waals surface area (Å²) in [6.07, 6.45) is 6.53. The van der Waals surface area contributed by atoms with Gasteiger partial charge >= 0.3 is 0 Å². The van der Waals surface area contributed by atoms with E-state index in [9.17, 15) is 4.79 Å². The van der Waals surface area contributed by atoms with Crippen LogP contribution in [0.25, 0.3) is 16.5 Å². The fraction of sp³-hybridized carbons (Fsp3) is 0.143. The van der Waals surface area contributed by atoms with Gasteiger partial charge in [-0.25, -0.2) is 0 Å². The van der Waals surface area contributed by atoms with E-state index in [0.717, 1.165) is 22.0 Å². The first-order valence-corrected chi connectivity index (χ1v) is 8.81. The van der Waals surface area contributed by atoms with Gasteiger partial charge in [0.1, 0.15) is 12.4 Å². The summed E-state index contributed by atoms with van der Waals surface area (Å²) in [4.78, 5) is 24.5. The molecule has 28 heavy (non-hydrogen) atoms. The quantitative estimate of drug-likeness (QED) is 0.616. The predicted molar refractivity (Wildman–Crippen MR) is 110 cm³/mol. The number of hydrogen-bond acceptors (Lipinski definition) is 6. The van der Waals surface area contributed by atoms with Crippen molar-refractivity contribution in [1.82, 2.24) is 9.97 Å². The second-order valence-electron chi connectivity index (χ2n) is 5.94. The molecule has 0 unspecified atom stereocenters. The van der Waals surface area contributed by atoms with Gasteiger partial charge in [-0.1, -0.05) is 0 Å². The van der Waals surface area contributed by atoms with Crippen LogP contribution < -0.4 is 16.2 Å². The third-order valence-corrected chi connectivity index (χ3v) is 4.13. The van der Waals surface area contributed by atoms with Crippen molar-refractivity contribution in [3.05, 3.63) is 71.8 Å². The number of primary amides is 1. The fourth-order valence-corrected chi connectivity index (χ4v) is 2.76. The monoisotopic (exact) mass is 375 g/mol. The lowest BCUT2D eigenvalue weighted by atomic mass is 10.0. The van der Waals surface area contributed by atoms with Crippen molar-refractivity contribution in [2.75, 3.05) is 6.54 Å². The van der Waals surface area contributed by atoms with Crippen molar-refractivity contribution in [2.45, 2.75) is 13.5 Å². The van der Waals surface area contributed by atoms with E-state index >= 15 is 0 Å². The Hall–Kier alpha value is -3.74. The molecule has 0 aliphatic rings. The molecule has 4 N–H and O–H groups in total. The zero-order valence-electron chi connectivity index (χ0n) is 15.5. The van der Waals surface area contributed by atoms with Crippen LogP contribution >= 0.6 is 0 Å². The van der Waals surface area contributed by atoms with Crippen LogP contribution in [0.3, 0.4) is 0 Å². The maximum absolute atomic E-state index is 11.6. The minimum absolute atomic E-state index is 0.0945. The first-order chi connectivity index (χ1) is 13.6. The van der Waals surface area contributed by atoms with Gasteiger partial charge in [-0.2, -0.15) is 0 Å². The number of hydrogen-bond donors (Lipinski definition) is 2. The number of aromatic nitrogens is 2. The molecule has 1 amide bonds. The summed E-state index contributed by atoms with van der Waals surface area (Å²) in [6.45, 7) is 2.70. The average Bonchev–Trinajstić information content (AvgIpc) is 2.72. The third-order valence-electron chi connectivity index (χ3n) is 4.13. The molecule has 0 atom stereocenters. The van der Waals surface area contributed by atoms with Gasteiger partial charge in [0.05, 0.1) is 16.8 Å². The number of carbonyl (C=O) groups is 1. The molecule has 0 radical (unpaired) electrons. The summed E-state index contributed by atoms with van der Waals surface area (Å²) in [5, 5.41) is 0.839. The second-order valence-corrected chi connectivity index (χ2v) is 5.94. The second kappa shape index (κ2) is 8.77. The van der Waals surface area contributed by atoms with Crippen molar-refractivity contribution in [1.29, 1.82) is 0 Å². The molecule has 142 valence electrons. The Kier molecular flexibility index (Phi) is 5.96. The standard InChI is InChI=1S/C21H21N5O2/c1-2-24-12-15(11-22)14-9-18-16(5-3-7-25-18)20(10-14)28-13-19-17(21(23)27)6-4-8-26-19/h3-12H,2,13,22H2,1H3,(H2,23,27). The van der Waals surface area contributed by atoms with E-state index in [0.29, 0.717) is 23.6 Å². The van der Waals surface area contributed by atoms with Gasteiger partial charge < -0.3 is 16.2 Å². The maximum atomic E-state index is 11.6. The van der Waals surface area contributed by atoms with Gasteiger partial charge in [0.25, 0.3) is 5.91 Å². The highest BCUT2D eigenvalue weighted by Crippen LogP contribution is 2.29. The van der Waals surface area contributed by atoms with Gasteiger partial charge in [-0.15, -0.1) is 0 Å². The number of benzene rings is 1. The van der Waals surface area contributed by atoms with Crippen LogP contribution in [0.4, 0.5) is 0 Å². The molecule has 0 fully saturated rings. The third kappa shape index (κ3) is 4.15. The van der Waals surface area contributed by atoms with Gasteiger partial charge in [-0.3, -0.25) is 19.8 Å². The molecule has 3 aromatic rings. The normalized spacial score (nSPS) is 11.8. The van der Waals surface area contributed by atoms with Crippen LogP contribution in [0.5, 0.6) is 5.75 Å². The summed E-state index contributed by atoms with van der Waals surface area (Å²) < 4.78 is 6.01. The minimum Gasteiger partial charge on any atom is -0.487 e. The Labute approximate surface area is 162 Å². The number of carbonyl (C=O) groups excluding carboxylic acids is 1. The van der Waals surface area contributed by atoms with Crippen molar-refractivity contribution in [2.24, 2.45) is 16.5 Å². The van der Waals surface area contributed by atoms with E-state index in [1.54, 1.807) is 30.7 Å². The number of nitrogens with two attached hydrogens (primary N) is 2. The van der Waals surface area contributed by atoms with Gasteiger partial charge in [0.15, 0.2) is 0 Å². The summed E-state index contributed by atoms with van der Waals surface area (Å²) >= 11 is 0. The van der Waals surface area contributed by atoms with Crippen molar-refractivity contribution in [3.8, 4) is 5.75 Å². The Morgan fingerprint density at radius 3 is 2.75 bits per heavy atom. The van der Waals surface area contributed by atoms with E-state index in [2.05, 4.69) is 15.0 Å². The number of fused-ring (bicyclic) bond motifs is 1. The van der Waals surface area contributed by atoms with E-state index < -0.39 is 5.91 Å². The molecule has 0 spiro atoms. The van der Waals surface area contributed by atoms with Crippen molar-refractivity contribution in [3.63, 3.8) is 0 Å². The molecule has 0 aliphatic heterocycles. The number of pyridine rings is 2. The molecule has 0 aliphatic carbocycles. The molecule has 7 nitrogen and oxygen atoms in total. The van der Waals surface area contributed by atoms with Crippen molar-refractivity contribution < 1.29 is 9.53 Å². The maximum Gasteiger partial charge on any atom is 0.250 e. The van der Waals surface area contributed by atoms with Gasteiger partial charge in [0.2, 0.25) is 0 Å². The highest BCUT2D eigenvalue weighted by Gasteiger charge is 2.12. The number of allylic oxidation sites excluding steroid dienone is 1. The zero-order chi connectivity index (χ0) is 19.9. The predicted octanol–water partition coefficient (Wildman–Crippen LogP) is 2.70. The largest absolute Gasteiger partial charge is 0.487 e. The highest BCUT2D eigenvalue weighted by atomic mass is 16.5. The Morgan fingerprint density at radius 1 is 1.21 bits per heavy atom. The van der Waals surface area contributed by atoms with Crippen LogP contribution in [0.1, 0.15) is 28.5 Å². The van der Waals surface area contributed by atoms with Crippen LogP contribution in [0.2, 0.25) is 0 Å². The smallest absolute Gasteiger partial charge is 0.250 e. The minimum atomic E-state index is -0.545. The van der Waals surface area contributed by atoms with Gasteiger partial charge in [-0.05, 0) is 48.9 Å². The van der Waals surface area contributed by atoms with Crippen LogP contribution in [0, 0.1) is 0 Å². The molecule has 7 heteroatoms. The number of rotatable bonds is 7. The van der Waals surface area contributed by atoms with Crippen LogP contribution in [-0.4, -0.2) is 28.6 Å². The molecule has 3 rings (SSSR count). The summed E-state index contributed by atoms with van der Waals surface area (Å²) in [7, 11) is 0. The van der Waals surface area contributed by atoms with E-state index in [1.165, 1.54) is 6.20 Å². The van der Waals surface area contributed by atoms with Crippen molar-refractivity contribution >= 4 is 28.6 Å². The van der Waals surface area contributed by atoms with Crippen LogP contribution in [0.15, 0.2) is 60.0 Å². The summed E-state index contributed by atoms with van der Waals surface area (Å²) in [6, 6.07) is 10.8. The van der Waals surface area contributed by atoms with E-state index in [-0.39, 0.29) is 6.61 Å².